The van der Waals surface area contributed by atoms with Crippen LogP contribution in [0.3, 0.4) is 0 Å². The summed E-state index contributed by atoms with van der Waals surface area (Å²) in [6.07, 6.45) is 7.39. The number of nitrogens with one attached hydrogen (secondary N) is 1. The molecule has 1 aromatic carbocycles. The number of hydrogen-bond acceptors (Lipinski definition) is 3. The lowest BCUT2D eigenvalue weighted by Gasteiger charge is -2.44. The maximum atomic E-state index is 13.1. The number of fused-ring (bicyclic) bond motifs is 1. The summed E-state index contributed by atoms with van der Waals surface area (Å²) in [6.45, 7) is 7.57. The molecule has 1 amide bonds. The number of piperidine rings is 1. The van der Waals surface area contributed by atoms with Crippen molar-refractivity contribution in [2.75, 3.05) is 39.3 Å². The van der Waals surface area contributed by atoms with Crippen molar-refractivity contribution >= 4 is 15.9 Å². The largest absolute Gasteiger partial charge is 0.335 e. The van der Waals surface area contributed by atoms with Gasteiger partial charge in [-0.3, -0.25) is 4.79 Å². The first kappa shape index (κ1) is 21.8. The van der Waals surface area contributed by atoms with Gasteiger partial charge in [-0.1, -0.05) is 30.5 Å². The Balaban J connectivity index is 1.35. The molecule has 1 saturated carbocycles. The molecular formula is C23H36N3O3S+. The van der Waals surface area contributed by atoms with Gasteiger partial charge in [-0.2, -0.15) is 4.31 Å². The molecule has 7 heteroatoms. The number of aryl methyl sites for hydroxylation is 2. The molecule has 2 aliphatic heterocycles. The highest BCUT2D eigenvalue weighted by Crippen LogP contribution is 2.35. The summed E-state index contributed by atoms with van der Waals surface area (Å²) in [7, 11) is -3.47. The first-order valence-electron chi connectivity index (χ1n) is 11.6. The van der Waals surface area contributed by atoms with E-state index in [0.29, 0.717) is 49.6 Å². The van der Waals surface area contributed by atoms with Crippen molar-refractivity contribution in [1.82, 2.24) is 9.21 Å². The first-order valence-corrected chi connectivity index (χ1v) is 13.0. The van der Waals surface area contributed by atoms with Crippen molar-refractivity contribution in [2.24, 2.45) is 5.92 Å². The summed E-state index contributed by atoms with van der Waals surface area (Å²) in [5.74, 6) is 0.971. The highest BCUT2D eigenvalue weighted by molar-refractivity contribution is 7.89. The van der Waals surface area contributed by atoms with Crippen LogP contribution in [-0.2, 0) is 14.8 Å². The van der Waals surface area contributed by atoms with Gasteiger partial charge in [0.05, 0.1) is 31.1 Å². The van der Waals surface area contributed by atoms with E-state index in [1.54, 1.807) is 10.4 Å². The van der Waals surface area contributed by atoms with E-state index in [2.05, 4.69) is 4.90 Å². The van der Waals surface area contributed by atoms with Crippen molar-refractivity contribution in [3.63, 3.8) is 0 Å². The van der Waals surface area contributed by atoms with Gasteiger partial charge >= 0.3 is 0 Å². The van der Waals surface area contributed by atoms with Crippen molar-refractivity contribution in [3.8, 4) is 0 Å². The van der Waals surface area contributed by atoms with Gasteiger partial charge in [0.15, 0.2) is 6.54 Å². The van der Waals surface area contributed by atoms with Crippen LogP contribution in [0.5, 0.6) is 0 Å². The quantitative estimate of drug-likeness (QED) is 0.779. The van der Waals surface area contributed by atoms with E-state index in [0.717, 1.165) is 30.5 Å². The number of carbonyl (C=O) groups is 1. The number of amides is 1. The average molecular weight is 435 g/mol. The summed E-state index contributed by atoms with van der Waals surface area (Å²) in [4.78, 5) is 16.9. The minimum atomic E-state index is -3.47. The minimum Gasteiger partial charge on any atom is -0.335 e. The number of sulfonamides is 1. The van der Waals surface area contributed by atoms with Crippen LogP contribution in [0.1, 0.15) is 49.7 Å². The van der Waals surface area contributed by atoms with Crippen molar-refractivity contribution in [2.45, 2.75) is 63.3 Å². The van der Waals surface area contributed by atoms with Gasteiger partial charge in [0, 0.05) is 12.6 Å². The van der Waals surface area contributed by atoms with Crippen LogP contribution in [0, 0.1) is 19.8 Å². The molecule has 2 saturated heterocycles. The Kier molecular flexibility index (Phi) is 6.51. The highest BCUT2D eigenvalue weighted by atomic mass is 32.2. The van der Waals surface area contributed by atoms with E-state index < -0.39 is 10.0 Å². The van der Waals surface area contributed by atoms with Gasteiger partial charge in [-0.05, 0) is 57.1 Å². The zero-order valence-corrected chi connectivity index (χ0v) is 19.2. The average Bonchev–Trinajstić information content (AvgIpc) is 2.73. The third kappa shape index (κ3) is 4.43. The van der Waals surface area contributed by atoms with Crippen molar-refractivity contribution < 1.29 is 18.1 Å². The minimum absolute atomic E-state index is 0.271. The number of piperazine rings is 1. The summed E-state index contributed by atoms with van der Waals surface area (Å²) in [5, 5.41) is 0. The van der Waals surface area contributed by atoms with Crippen LogP contribution in [0.4, 0.5) is 0 Å². The fourth-order valence-corrected chi connectivity index (χ4v) is 7.34. The highest BCUT2D eigenvalue weighted by Gasteiger charge is 2.38. The Labute approximate surface area is 181 Å². The topological polar surface area (TPSA) is 62.1 Å². The molecule has 1 aliphatic carbocycles. The second-order valence-corrected chi connectivity index (χ2v) is 11.3. The van der Waals surface area contributed by atoms with Crippen LogP contribution < -0.4 is 4.90 Å². The molecule has 3 fully saturated rings. The van der Waals surface area contributed by atoms with Crippen molar-refractivity contribution in [3.05, 3.63) is 29.3 Å². The van der Waals surface area contributed by atoms with Gasteiger partial charge in [0.1, 0.15) is 0 Å². The van der Waals surface area contributed by atoms with E-state index in [1.165, 1.54) is 30.6 Å². The third-order valence-electron chi connectivity index (χ3n) is 7.34. The molecule has 0 unspecified atom stereocenters. The molecule has 0 bridgehead atoms. The van der Waals surface area contributed by atoms with Gasteiger partial charge in [0.25, 0.3) is 5.91 Å². The van der Waals surface area contributed by atoms with Crippen molar-refractivity contribution in [1.29, 1.82) is 0 Å². The molecule has 0 spiro atoms. The maximum Gasteiger partial charge on any atom is 0.278 e. The SMILES string of the molecule is Cc1ccc(S(=O)(=O)N2CC[NH+](CC(=O)N3CCC[C@@H]4CCCC[C@@H]43)CC2)c(C)c1. The molecule has 0 aromatic heterocycles. The van der Waals surface area contributed by atoms with Crippen LogP contribution in [-0.4, -0.2) is 68.8 Å². The standard InChI is InChI=1S/C23H35N3O3S/c1-18-9-10-22(19(2)16-18)30(28,29)25-14-12-24(13-15-25)17-23(27)26-11-5-7-20-6-3-4-8-21(20)26/h9-10,16,20-21H,3-8,11-15,17H2,1-2H3/p+1/t20-,21-/m0/s1. The molecule has 3 aliphatic rings. The molecule has 166 valence electrons. The van der Waals surface area contributed by atoms with Gasteiger partial charge in [-0.25, -0.2) is 8.42 Å². The Hall–Kier alpha value is -1.44. The monoisotopic (exact) mass is 434 g/mol. The van der Waals surface area contributed by atoms with E-state index in [1.807, 2.05) is 26.0 Å². The lowest BCUT2D eigenvalue weighted by atomic mass is 9.78. The van der Waals surface area contributed by atoms with Crippen LogP contribution in [0.25, 0.3) is 0 Å². The molecule has 6 nitrogen and oxygen atoms in total. The summed E-state index contributed by atoms with van der Waals surface area (Å²) in [6, 6.07) is 5.95. The number of carbonyl (C=O) groups excluding carboxylic acids is 1. The number of benzene rings is 1. The molecule has 0 radical (unpaired) electrons. The zero-order valence-electron chi connectivity index (χ0n) is 18.4. The Morgan fingerprint density at radius 2 is 1.73 bits per heavy atom. The normalized spacial score (nSPS) is 26.4. The molecule has 4 rings (SSSR count). The predicted molar refractivity (Wildman–Crippen MR) is 117 cm³/mol. The van der Waals surface area contributed by atoms with Crippen LogP contribution in [0.2, 0.25) is 0 Å². The third-order valence-corrected chi connectivity index (χ3v) is 9.40. The number of hydrogen-bond donors (Lipinski definition) is 1. The van der Waals surface area contributed by atoms with Gasteiger partial charge in [0.2, 0.25) is 10.0 Å². The Bertz CT molecular complexity index is 876. The fraction of sp³-hybridized carbons (Fsp3) is 0.696. The summed E-state index contributed by atoms with van der Waals surface area (Å²) in [5.41, 5.74) is 1.87. The number of rotatable bonds is 4. The molecule has 2 heterocycles. The van der Waals surface area contributed by atoms with Gasteiger partial charge in [-0.15, -0.1) is 0 Å². The van der Waals surface area contributed by atoms with Crippen LogP contribution >= 0.6 is 0 Å². The zero-order chi connectivity index (χ0) is 21.3. The second-order valence-electron chi connectivity index (χ2n) is 9.44. The second kappa shape index (κ2) is 8.97. The molecule has 1 N–H and O–H groups in total. The van der Waals surface area contributed by atoms with Gasteiger partial charge < -0.3 is 9.80 Å². The molecule has 2 atom stereocenters. The van der Waals surface area contributed by atoms with E-state index in [-0.39, 0.29) is 5.91 Å². The summed E-state index contributed by atoms with van der Waals surface area (Å²) < 4.78 is 27.8. The van der Waals surface area contributed by atoms with E-state index in [4.69, 9.17) is 0 Å². The lowest BCUT2D eigenvalue weighted by Crippen LogP contribution is -3.15. The van der Waals surface area contributed by atoms with Crippen LogP contribution in [0.15, 0.2) is 23.1 Å². The smallest absolute Gasteiger partial charge is 0.278 e. The number of nitrogens with zero attached hydrogens (tertiary/aromatic N) is 2. The Morgan fingerprint density at radius 3 is 2.47 bits per heavy atom. The fourth-order valence-electron chi connectivity index (χ4n) is 5.70. The number of quaternary nitrogens is 1. The Morgan fingerprint density at radius 1 is 1.03 bits per heavy atom. The lowest BCUT2D eigenvalue weighted by molar-refractivity contribution is -0.896. The van der Waals surface area contributed by atoms with E-state index >= 15 is 0 Å². The maximum absolute atomic E-state index is 13.1. The summed E-state index contributed by atoms with van der Waals surface area (Å²) >= 11 is 0. The predicted octanol–water partition coefficient (Wildman–Crippen LogP) is 1.37. The molecular weight excluding hydrogens is 398 g/mol. The first-order chi connectivity index (χ1) is 14.4. The van der Waals surface area contributed by atoms with E-state index in [9.17, 15) is 13.2 Å². The molecule has 30 heavy (non-hydrogen) atoms. The number of likely N-dealkylation sites (tertiary alicyclic amines) is 1. The molecule has 1 aromatic rings.